The van der Waals surface area contributed by atoms with Crippen molar-refractivity contribution in [3.63, 3.8) is 0 Å². The van der Waals surface area contributed by atoms with Gasteiger partial charge in [0.15, 0.2) is 12.4 Å². The molecule has 198 valence electrons. The molecule has 4 aliphatic rings. The highest BCUT2D eigenvalue weighted by atomic mass is 35.5. The number of esters is 1. The summed E-state index contributed by atoms with van der Waals surface area (Å²) < 4.78 is 10.3. The molecule has 0 unspecified atom stereocenters. The fraction of sp³-hybridized carbons (Fsp3) is 0.267. The third-order valence-corrected chi connectivity index (χ3v) is 9.39. The van der Waals surface area contributed by atoms with Gasteiger partial charge in [0, 0.05) is 5.56 Å². The van der Waals surface area contributed by atoms with Crippen LogP contribution in [0.15, 0.2) is 72.8 Å². The lowest BCUT2D eigenvalue weighted by Gasteiger charge is -2.54. The van der Waals surface area contributed by atoms with Crippen LogP contribution in [0.2, 0.25) is 0 Å². The Labute approximate surface area is 234 Å². The lowest BCUT2D eigenvalue weighted by molar-refractivity contribution is -0.157. The molecule has 1 saturated heterocycles. The van der Waals surface area contributed by atoms with Crippen LogP contribution in [0.5, 0.6) is 5.75 Å². The van der Waals surface area contributed by atoms with Gasteiger partial charge in [-0.2, -0.15) is 0 Å². The van der Waals surface area contributed by atoms with Crippen molar-refractivity contribution in [2.24, 2.45) is 11.8 Å². The number of hydrogen-bond acceptors (Lipinski definition) is 6. The number of hydrogen-bond donors (Lipinski definition) is 0. The van der Waals surface area contributed by atoms with Gasteiger partial charge in [-0.05, 0) is 53.4 Å². The summed E-state index contributed by atoms with van der Waals surface area (Å²) in [6.45, 7) is 0.853. The normalized spacial score (nSPS) is 26.9. The largest absolute Gasteiger partial charge is 0.497 e. The third kappa shape index (κ3) is 3.36. The van der Waals surface area contributed by atoms with Gasteiger partial charge in [0.1, 0.15) is 21.5 Å². The summed E-state index contributed by atoms with van der Waals surface area (Å²) in [6, 6.07) is 19.7. The molecule has 3 aromatic rings. The molecule has 2 bridgehead atoms. The van der Waals surface area contributed by atoms with Crippen LogP contribution in [0, 0.1) is 11.8 Å². The second-order valence-corrected chi connectivity index (χ2v) is 11.1. The maximum absolute atomic E-state index is 13.9. The smallest absolute Gasteiger partial charge is 0.329 e. The minimum absolute atomic E-state index is 0.330. The highest BCUT2D eigenvalue weighted by molar-refractivity contribution is 6.36. The van der Waals surface area contributed by atoms with E-state index in [1.54, 1.807) is 24.3 Å². The Morgan fingerprint density at radius 1 is 0.821 bits per heavy atom. The average Bonchev–Trinajstić information content (AvgIpc) is 3.24. The summed E-state index contributed by atoms with van der Waals surface area (Å²) in [5.74, 6) is -3.98. The number of alkyl halides is 2. The number of carbonyl (C=O) groups is 4. The standard InChI is InChI=1S/C30H23Cl2NO6/c1-16(28(37)39-15-23(34)17-11-13-18(38-2)14-12-17)33-26(35)24-25(27(33)36)30(32)20-8-4-3-7-19(20)29(24,31)21-9-5-6-10-22(21)30/h3-14,16,24-25H,15H2,1-2H3/t16-,24-,25+,29?,30?/m1/s1. The SMILES string of the molecule is COc1ccc(C(=O)COC(=O)[C@@H](C)N2C(=O)[C@@H]3[C@H](C2=O)C2(Cl)c4ccccc4C3(Cl)c3ccccc32)cc1. The van der Waals surface area contributed by atoms with E-state index in [2.05, 4.69) is 0 Å². The molecule has 2 amide bonds. The molecule has 1 fully saturated rings. The molecule has 0 saturated carbocycles. The molecular formula is C30H23Cl2NO6. The molecule has 9 heteroatoms. The Balaban J connectivity index is 1.30. The van der Waals surface area contributed by atoms with E-state index in [4.69, 9.17) is 32.7 Å². The van der Waals surface area contributed by atoms with Crippen LogP contribution in [-0.2, 0) is 28.9 Å². The van der Waals surface area contributed by atoms with Gasteiger partial charge in [-0.3, -0.25) is 19.3 Å². The first-order valence-corrected chi connectivity index (χ1v) is 13.2. The van der Waals surface area contributed by atoms with Crippen molar-refractivity contribution in [2.75, 3.05) is 13.7 Å². The van der Waals surface area contributed by atoms with Crippen molar-refractivity contribution in [3.05, 3.63) is 101 Å². The number of ketones is 1. The van der Waals surface area contributed by atoms with Crippen LogP contribution < -0.4 is 4.74 Å². The molecule has 1 heterocycles. The van der Waals surface area contributed by atoms with Gasteiger partial charge in [-0.1, -0.05) is 48.5 Å². The number of imide groups is 1. The molecule has 1 aliphatic heterocycles. The maximum atomic E-state index is 13.9. The zero-order valence-electron chi connectivity index (χ0n) is 21.0. The maximum Gasteiger partial charge on any atom is 0.329 e. The lowest BCUT2D eigenvalue weighted by Crippen LogP contribution is -2.57. The summed E-state index contributed by atoms with van der Waals surface area (Å²) in [4.78, 5) is 51.7. The number of methoxy groups -OCH3 is 1. The molecule has 3 aromatic carbocycles. The fourth-order valence-corrected chi connectivity index (χ4v) is 7.39. The lowest BCUT2D eigenvalue weighted by atomic mass is 9.54. The number of ether oxygens (including phenoxy) is 2. The number of amides is 2. The van der Waals surface area contributed by atoms with Crippen LogP contribution in [0.1, 0.15) is 39.5 Å². The molecule has 0 radical (unpaired) electrons. The van der Waals surface area contributed by atoms with Crippen LogP contribution in [0.4, 0.5) is 0 Å². The summed E-state index contributed by atoms with van der Waals surface area (Å²) in [5, 5.41) is 0. The quantitative estimate of drug-likeness (QED) is 0.191. The first-order chi connectivity index (χ1) is 18.6. The van der Waals surface area contributed by atoms with Crippen LogP contribution in [0.3, 0.4) is 0 Å². The van der Waals surface area contributed by atoms with Gasteiger partial charge in [-0.25, -0.2) is 4.79 Å². The molecule has 0 aromatic heterocycles. The van der Waals surface area contributed by atoms with Crippen molar-refractivity contribution in [2.45, 2.75) is 22.7 Å². The molecule has 3 aliphatic carbocycles. The number of likely N-dealkylation sites (tertiary alicyclic amines) is 1. The van der Waals surface area contributed by atoms with E-state index >= 15 is 0 Å². The van der Waals surface area contributed by atoms with Crippen molar-refractivity contribution < 1.29 is 28.7 Å². The number of rotatable bonds is 6. The Bertz CT molecular complexity index is 1430. The second-order valence-electron chi connectivity index (χ2n) is 9.95. The molecule has 0 N–H and O–H groups in total. The Hall–Kier alpha value is -3.68. The minimum Gasteiger partial charge on any atom is -0.497 e. The van der Waals surface area contributed by atoms with Gasteiger partial charge >= 0.3 is 5.97 Å². The Kier molecular flexibility index (Phi) is 5.86. The first-order valence-electron chi connectivity index (χ1n) is 12.4. The van der Waals surface area contributed by atoms with Crippen LogP contribution in [0.25, 0.3) is 0 Å². The van der Waals surface area contributed by atoms with Gasteiger partial charge in [0.2, 0.25) is 11.8 Å². The first kappa shape index (κ1) is 25.6. The van der Waals surface area contributed by atoms with E-state index < -0.39 is 57.8 Å². The highest BCUT2D eigenvalue weighted by Gasteiger charge is 2.73. The van der Waals surface area contributed by atoms with Gasteiger partial charge in [-0.15, -0.1) is 23.2 Å². The zero-order chi connectivity index (χ0) is 27.7. The summed E-state index contributed by atoms with van der Waals surface area (Å²) >= 11 is 14.8. The van der Waals surface area contributed by atoms with Gasteiger partial charge in [0.05, 0.1) is 18.9 Å². The average molecular weight is 564 g/mol. The van der Waals surface area contributed by atoms with E-state index in [1.165, 1.54) is 14.0 Å². The van der Waals surface area contributed by atoms with Gasteiger partial charge < -0.3 is 9.47 Å². The fourth-order valence-electron chi connectivity index (χ4n) is 6.29. The molecule has 39 heavy (non-hydrogen) atoms. The number of halogens is 2. The third-order valence-electron chi connectivity index (χ3n) is 8.11. The van der Waals surface area contributed by atoms with E-state index in [9.17, 15) is 19.2 Å². The highest BCUT2D eigenvalue weighted by Crippen LogP contribution is 2.69. The van der Waals surface area contributed by atoms with Crippen molar-refractivity contribution in [3.8, 4) is 5.75 Å². The zero-order valence-corrected chi connectivity index (χ0v) is 22.5. The number of carbonyl (C=O) groups excluding carboxylic acids is 4. The molecule has 3 atom stereocenters. The van der Waals surface area contributed by atoms with E-state index in [0.29, 0.717) is 33.6 Å². The monoisotopic (exact) mass is 563 g/mol. The van der Waals surface area contributed by atoms with E-state index in [0.717, 1.165) is 4.90 Å². The van der Waals surface area contributed by atoms with Crippen molar-refractivity contribution >= 4 is 46.8 Å². The number of nitrogens with zero attached hydrogens (tertiary/aromatic N) is 1. The van der Waals surface area contributed by atoms with Gasteiger partial charge in [0.25, 0.3) is 0 Å². The number of Topliss-reactive ketones (excluding diaryl/α,β-unsaturated/α-hetero) is 1. The van der Waals surface area contributed by atoms with Crippen molar-refractivity contribution in [1.82, 2.24) is 4.90 Å². The Morgan fingerprint density at radius 2 is 1.26 bits per heavy atom. The minimum atomic E-state index is -1.34. The van der Waals surface area contributed by atoms with E-state index in [1.807, 2.05) is 48.5 Å². The molecule has 7 nitrogen and oxygen atoms in total. The molecule has 0 spiro atoms. The predicted molar refractivity (Wildman–Crippen MR) is 143 cm³/mol. The predicted octanol–water partition coefficient (Wildman–Crippen LogP) is 4.40. The molecular weight excluding hydrogens is 541 g/mol. The topological polar surface area (TPSA) is 90.0 Å². The van der Waals surface area contributed by atoms with E-state index in [-0.39, 0.29) is 0 Å². The van der Waals surface area contributed by atoms with Crippen LogP contribution >= 0.6 is 23.2 Å². The van der Waals surface area contributed by atoms with Crippen LogP contribution in [-0.4, -0.2) is 48.2 Å². The Morgan fingerprint density at radius 3 is 1.67 bits per heavy atom. The second kappa shape index (κ2) is 8.93. The summed E-state index contributed by atoms with van der Waals surface area (Å²) in [7, 11) is 1.51. The molecule has 7 rings (SSSR count). The number of benzene rings is 3. The van der Waals surface area contributed by atoms with Crippen molar-refractivity contribution in [1.29, 1.82) is 0 Å². The summed E-state index contributed by atoms with van der Waals surface area (Å²) in [5.41, 5.74) is 3.01. The summed E-state index contributed by atoms with van der Waals surface area (Å²) in [6.07, 6.45) is 0.